The second-order valence-electron chi connectivity index (χ2n) is 7.83. The molecule has 0 spiro atoms. The minimum atomic E-state index is -0.745. The number of aryl methyl sites for hydroxylation is 2. The molecule has 4 rings (SSSR count). The van der Waals surface area contributed by atoms with E-state index in [1.54, 1.807) is 24.3 Å². The highest BCUT2D eigenvalue weighted by Crippen LogP contribution is 2.33. The minimum Gasteiger partial charge on any atom is -0.490 e. The van der Waals surface area contributed by atoms with Gasteiger partial charge in [-0.1, -0.05) is 0 Å². The summed E-state index contributed by atoms with van der Waals surface area (Å²) in [6, 6.07) is 4.69. The van der Waals surface area contributed by atoms with Crippen molar-refractivity contribution in [1.82, 2.24) is 15.0 Å². The van der Waals surface area contributed by atoms with Crippen molar-refractivity contribution in [3.63, 3.8) is 0 Å². The summed E-state index contributed by atoms with van der Waals surface area (Å²) >= 11 is 1.60. The summed E-state index contributed by atoms with van der Waals surface area (Å²) in [6.07, 6.45) is 7.10. The van der Waals surface area contributed by atoms with Crippen molar-refractivity contribution in [2.24, 2.45) is 5.10 Å². The lowest BCUT2D eigenvalue weighted by atomic mass is 9.97. The molecule has 8 nitrogen and oxygen atoms in total. The van der Waals surface area contributed by atoms with E-state index in [9.17, 15) is 9.59 Å². The number of carbonyl (C=O) groups is 1. The normalized spacial score (nSPS) is 14.3. The van der Waals surface area contributed by atoms with E-state index in [4.69, 9.17) is 9.47 Å². The van der Waals surface area contributed by atoms with Gasteiger partial charge in [0.05, 0.1) is 31.1 Å². The Morgan fingerprint density at radius 3 is 2.79 bits per heavy atom. The third-order valence-corrected chi connectivity index (χ3v) is 6.85. The molecule has 1 aliphatic carbocycles. The summed E-state index contributed by atoms with van der Waals surface area (Å²) in [5, 5.41) is 4.73. The third kappa shape index (κ3) is 4.78. The molecule has 1 amide bonds. The lowest BCUT2D eigenvalue weighted by Gasteiger charge is -2.14. The van der Waals surface area contributed by atoms with E-state index in [-0.39, 0.29) is 5.56 Å². The SMILES string of the molecule is CCOc1ccc(C=NNC(=O)C(C)n2cnc3sc4c(c3c2=O)CCCC4)cc1OCC. The van der Waals surface area contributed by atoms with Crippen LogP contribution in [0.15, 0.2) is 34.4 Å². The molecule has 1 N–H and O–H groups in total. The Morgan fingerprint density at radius 1 is 1.24 bits per heavy atom. The predicted molar refractivity (Wildman–Crippen MR) is 130 cm³/mol. The zero-order valence-corrected chi connectivity index (χ0v) is 19.9. The van der Waals surface area contributed by atoms with Crippen LogP contribution in [0.2, 0.25) is 0 Å². The smallest absolute Gasteiger partial charge is 0.263 e. The molecular weight excluding hydrogens is 440 g/mol. The fourth-order valence-electron chi connectivity index (χ4n) is 3.97. The van der Waals surface area contributed by atoms with E-state index in [1.807, 2.05) is 26.0 Å². The lowest BCUT2D eigenvalue weighted by Crippen LogP contribution is -2.34. The molecule has 0 saturated carbocycles. The molecule has 3 aromatic rings. The van der Waals surface area contributed by atoms with Crippen molar-refractivity contribution >= 4 is 33.7 Å². The number of ether oxygens (including phenoxy) is 2. The molecule has 2 aromatic heterocycles. The van der Waals surface area contributed by atoms with Crippen molar-refractivity contribution in [3.8, 4) is 11.5 Å². The van der Waals surface area contributed by atoms with Crippen LogP contribution >= 0.6 is 11.3 Å². The van der Waals surface area contributed by atoms with Gasteiger partial charge < -0.3 is 9.47 Å². The topological polar surface area (TPSA) is 94.8 Å². The summed E-state index contributed by atoms with van der Waals surface area (Å²) in [5.74, 6) is 0.884. The summed E-state index contributed by atoms with van der Waals surface area (Å²) in [4.78, 5) is 32.4. The zero-order chi connectivity index (χ0) is 23.4. The highest BCUT2D eigenvalue weighted by Gasteiger charge is 2.23. The van der Waals surface area contributed by atoms with Crippen LogP contribution in [-0.4, -0.2) is 34.9 Å². The summed E-state index contributed by atoms with van der Waals surface area (Å²) in [5.41, 5.74) is 4.22. The van der Waals surface area contributed by atoms with E-state index in [2.05, 4.69) is 15.5 Å². The number of hydrogen-bond acceptors (Lipinski definition) is 7. The van der Waals surface area contributed by atoms with Gasteiger partial charge in [0.1, 0.15) is 10.9 Å². The molecule has 2 heterocycles. The highest BCUT2D eigenvalue weighted by atomic mass is 32.1. The molecule has 174 valence electrons. The summed E-state index contributed by atoms with van der Waals surface area (Å²) in [6.45, 7) is 6.53. The molecule has 1 aromatic carbocycles. The van der Waals surface area contributed by atoms with Crippen molar-refractivity contribution < 1.29 is 14.3 Å². The van der Waals surface area contributed by atoms with Crippen molar-refractivity contribution in [2.75, 3.05) is 13.2 Å². The van der Waals surface area contributed by atoms with Gasteiger partial charge in [0.15, 0.2) is 11.5 Å². The Kier molecular flexibility index (Phi) is 7.08. The van der Waals surface area contributed by atoms with Gasteiger partial charge >= 0.3 is 0 Å². The average Bonchev–Trinajstić information content (AvgIpc) is 3.20. The minimum absolute atomic E-state index is 0.168. The van der Waals surface area contributed by atoms with Gasteiger partial charge in [-0.15, -0.1) is 11.3 Å². The molecule has 9 heteroatoms. The van der Waals surface area contributed by atoms with Gasteiger partial charge in [-0.2, -0.15) is 5.10 Å². The van der Waals surface area contributed by atoms with E-state index in [0.717, 1.165) is 41.6 Å². The first-order valence-corrected chi connectivity index (χ1v) is 12.1. The van der Waals surface area contributed by atoms with Gasteiger partial charge in [-0.3, -0.25) is 14.2 Å². The van der Waals surface area contributed by atoms with Crippen LogP contribution in [-0.2, 0) is 17.6 Å². The Hall–Kier alpha value is -3.20. The monoisotopic (exact) mass is 468 g/mol. The lowest BCUT2D eigenvalue weighted by molar-refractivity contribution is -0.123. The second kappa shape index (κ2) is 10.2. The second-order valence-corrected chi connectivity index (χ2v) is 8.91. The molecule has 1 unspecified atom stereocenters. The molecule has 1 aliphatic rings. The highest BCUT2D eigenvalue weighted by molar-refractivity contribution is 7.18. The van der Waals surface area contributed by atoms with Crippen LogP contribution < -0.4 is 20.5 Å². The summed E-state index contributed by atoms with van der Waals surface area (Å²) < 4.78 is 12.6. The van der Waals surface area contributed by atoms with E-state index in [1.165, 1.54) is 22.0 Å². The molecule has 0 saturated heterocycles. The van der Waals surface area contributed by atoms with Gasteiger partial charge in [-0.05, 0) is 75.8 Å². The largest absolute Gasteiger partial charge is 0.490 e. The zero-order valence-electron chi connectivity index (χ0n) is 19.1. The van der Waals surface area contributed by atoms with Crippen molar-refractivity contribution in [1.29, 1.82) is 0 Å². The Labute approximate surface area is 196 Å². The number of nitrogens with one attached hydrogen (secondary N) is 1. The number of benzene rings is 1. The number of aromatic nitrogens is 2. The first-order valence-electron chi connectivity index (χ1n) is 11.3. The number of hydrazone groups is 1. The van der Waals surface area contributed by atoms with E-state index >= 15 is 0 Å². The quantitative estimate of drug-likeness (QED) is 0.400. The standard InChI is InChI=1S/C24H28N4O4S/c1-4-31-18-11-10-16(12-19(18)32-5-2)13-26-27-22(29)15(3)28-14-25-23-21(24(28)30)17-8-6-7-9-20(17)33-23/h10-15H,4-9H2,1-3H3,(H,27,29). The van der Waals surface area contributed by atoms with Crippen LogP contribution in [0.3, 0.4) is 0 Å². The number of carbonyl (C=O) groups excluding carboxylic acids is 1. The fourth-order valence-corrected chi connectivity index (χ4v) is 5.19. The molecule has 0 fully saturated rings. The van der Waals surface area contributed by atoms with E-state index in [0.29, 0.717) is 30.1 Å². The van der Waals surface area contributed by atoms with Crippen molar-refractivity contribution in [2.45, 2.75) is 52.5 Å². The maximum absolute atomic E-state index is 13.2. The summed E-state index contributed by atoms with van der Waals surface area (Å²) in [7, 11) is 0. The first kappa shape index (κ1) is 23.0. The predicted octanol–water partition coefficient (Wildman–Crippen LogP) is 3.85. The van der Waals surface area contributed by atoms with E-state index < -0.39 is 11.9 Å². The number of fused-ring (bicyclic) bond motifs is 3. The number of hydrogen-bond donors (Lipinski definition) is 1. The third-order valence-electron chi connectivity index (χ3n) is 5.65. The van der Waals surface area contributed by atoms with Crippen LogP contribution in [0.1, 0.15) is 55.7 Å². The average molecular weight is 469 g/mol. The number of thiophene rings is 1. The Morgan fingerprint density at radius 2 is 2.00 bits per heavy atom. The van der Waals surface area contributed by atoms with Crippen LogP contribution in [0.5, 0.6) is 11.5 Å². The van der Waals surface area contributed by atoms with Crippen molar-refractivity contribution in [3.05, 3.63) is 50.9 Å². The number of amides is 1. The van der Waals surface area contributed by atoms with Gasteiger partial charge in [0.2, 0.25) is 0 Å². The fraction of sp³-hybridized carbons (Fsp3) is 0.417. The Bertz CT molecular complexity index is 1250. The van der Waals surface area contributed by atoms with Gasteiger partial charge in [-0.25, -0.2) is 10.4 Å². The molecule has 1 atom stereocenters. The first-order chi connectivity index (χ1) is 16.0. The number of nitrogens with zero attached hydrogens (tertiary/aromatic N) is 3. The van der Waals surface area contributed by atoms with Crippen LogP contribution in [0.25, 0.3) is 10.2 Å². The number of rotatable bonds is 8. The van der Waals surface area contributed by atoms with Gasteiger partial charge in [0, 0.05) is 4.88 Å². The molecule has 0 radical (unpaired) electrons. The molecule has 0 aliphatic heterocycles. The van der Waals surface area contributed by atoms with Crippen LogP contribution in [0, 0.1) is 0 Å². The molecular formula is C24H28N4O4S. The van der Waals surface area contributed by atoms with Crippen LogP contribution in [0.4, 0.5) is 0 Å². The van der Waals surface area contributed by atoms with Gasteiger partial charge in [0.25, 0.3) is 11.5 Å². The Balaban J connectivity index is 1.49. The maximum Gasteiger partial charge on any atom is 0.263 e. The molecule has 0 bridgehead atoms. The molecule has 33 heavy (non-hydrogen) atoms. The maximum atomic E-state index is 13.2.